The van der Waals surface area contributed by atoms with Gasteiger partial charge in [0.05, 0.1) is 35.8 Å². The van der Waals surface area contributed by atoms with Crippen molar-refractivity contribution in [1.82, 2.24) is 4.90 Å². The number of halogens is 1. The van der Waals surface area contributed by atoms with E-state index in [4.69, 9.17) is 16.3 Å². The Morgan fingerprint density at radius 1 is 1.30 bits per heavy atom. The number of allylic oxidation sites excluding steroid dienone is 1. The van der Waals surface area contributed by atoms with E-state index in [-0.39, 0.29) is 37.5 Å². The van der Waals surface area contributed by atoms with Gasteiger partial charge in [0, 0.05) is 22.0 Å². The van der Waals surface area contributed by atoms with Crippen LogP contribution in [-0.2, 0) is 19.1 Å². The quantitative estimate of drug-likeness (QED) is 0.254. The molecular weight excluding hydrogens is 512 g/mol. The van der Waals surface area contributed by atoms with Gasteiger partial charge in [-0.1, -0.05) is 23.8 Å². The van der Waals surface area contributed by atoms with Crippen LogP contribution in [0.3, 0.4) is 0 Å². The smallest absolute Gasteiger partial charge is 0.311 e. The van der Waals surface area contributed by atoms with Crippen molar-refractivity contribution in [3.05, 3.63) is 54.6 Å². The minimum Gasteiger partial charge on any atom is -0.465 e. The molecule has 1 spiro atoms. The summed E-state index contributed by atoms with van der Waals surface area (Å²) < 4.78 is 4.35. The number of aliphatic hydroxyl groups is 1. The highest BCUT2D eigenvalue weighted by Gasteiger charge is 2.78. The molecular formula is C28H35ClN2O5S. The number of hydrogen-bond donors (Lipinski definition) is 1. The van der Waals surface area contributed by atoms with E-state index < -0.39 is 33.4 Å². The lowest BCUT2D eigenvalue weighted by Crippen LogP contribution is -2.57. The van der Waals surface area contributed by atoms with Crippen LogP contribution in [0.5, 0.6) is 0 Å². The molecule has 1 aromatic rings. The molecule has 1 N–H and O–H groups in total. The van der Waals surface area contributed by atoms with Gasteiger partial charge in [-0.25, -0.2) is 0 Å². The van der Waals surface area contributed by atoms with Gasteiger partial charge in [0.2, 0.25) is 5.91 Å². The zero-order valence-electron chi connectivity index (χ0n) is 21.4. The van der Waals surface area contributed by atoms with Gasteiger partial charge in [-0.15, -0.1) is 24.9 Å². The van der Waals surface area contributed by atoms with Crippen LogP contribution in [-0.4, -0.2) is 69.1 Å². The number of carbonyl (C=O) groups excluding carboxylic acids is 3. The number of ether oxygens (including phenoxy) is 1. The zero-order chi connectivity index (χ0) is 27.0. The Morgan fingerprint density at radius 2 is 2.00 bits per heavy atom. The summed E-state index contributed by atoms with van der Waals surface area (Å²) >= 11 is 7.67. The molecule has 0 aromatic heterocycles. The van der Waals surface area contributed by atoms with E-state index in [9.17, 15) is 19.5 Å². The molecule has 3 saturated heterocycles. The number of hydrogen-bond acceptors (Lipinski definition) is 6. The van der Waals surface area contributed by atoms with Crippen molar-refractivity contribution in [3.8, 4) is 0 Å². The number of fused-ring (bicyclic) bond motifs is 1. The van der Waals surface area contributed by atoms with Crippen LogP contribution in [0.15, 0.2) is 49.6 Å². The van der Waals surface area contributed by atoms with E-state index >= 15 is 0 Å². The Balaban J connectivity index is 1.74. The fraction of sp³-hybridized carbons (Fsp3) is 0.536. The molecule has 2 bridgehead atoms. The van der Waals surface area contributed by atoms with Crippen LogP contribution < -0.4 is 4.90 Å². The summed E-state index contributed by atoms with van der Waals surface area (Å²) in [6.45, 7) is 11.5. The lowest BCUT2D eigenvalue weighted by atomic mass is 9.66. The highest BCUT2D eigenvalue weighted by molar-refractivity contribution is 8.02. The Labute approximate surface area is 227 Å². The standard InChI is InChI=1S/C28H35ClN2O5S/c1-5-7-8-16-36-26(35)22-21-24(33)31(18(3)17-32)23(28(21)14-13-27(22,4)37-28)25(34)30(15-6-2)20-11-9-19(29)10-12-20/h5-6,9-12,18,21-23,32H,1-2,7-8,13-17H2,3-4H3/t18-,21+,22-,23?,27+,28?/m1/s1. The number of nitrogens with zero attached hydrogens (tertiary/aromatic N) is 2. The molecule has 9 heteroatoms. The molecule has 0 aliphatic carbocycles. The lowest BCUT2D eigenvalue weighted by Gasteiger charge is -2.38. The Hall–Kier alpha value is -2.29. The summed E-state index contributed by atoms with van der Waals surface area (Å²) in [4.78, 5) is 45.0. The van der Waals surface area contributed by atoms with Crippen LogP contribution in [0.25, 0.3) is 0 Å². The zero-order valence-corrected chi connectivity index (χ0v) is 23.0. The minimum absolute atomic E-state index is 0.240. The van der Waals surface area contributed by atoms with E-state index in [0.29, 0.717) is 30.0 Å². The number of benzene rings is 1. The normalized spacial score (nSPS) is 30.6. The number of rotatable bonds is 11. The van der Waals surface area contributed by atoms with Crippen LogP contribution in [0.4, 0.5) is 5.69 Å². The highest BCUT2D eigenvalue weighted by atomic mass is 35.5. The number of aliphatic hydroxyl groups excluding tert-OH is 1. The van der Waals surface area contributed by atoms with Crippen molar-refractivity contribution in [2.45, 2.75) is 61.1 Å². The molecule has 1 aromatic carbocycles. The molecule has 3 heterocycles. The van der Waals surface area contributed by atoms with Crippen LogP contribution in [0, 0.1) is 11.8 Å². The fourth-order valence-electron chi connectivity index (χ4n) is 6.27. The lowest BCUT2D eigenvalue weighted by molar-refractivity contribution is -0.156. The molecule has 200 valence electrons. The molecule has 7 nitrogen and oxygen atoms in total. The van der Waals surface area contributed by atoms with Crippen molar-refractivity contribution in [3.63, 3.8) is 0 Å². The van der Waals surface area contributed by atoms with Gasteiger partial charge in [-0.3, -0.25) is 14.4 Å². The van der Waals surface area contributed by atoms with E-state index in [1.165, 1.54) is 4.90 Å². The van der Waals surface area contributed by atoms with Crippen LogP contribution in [0.1, 0.15) is 39.5 Å². The molecule has 4 rings (SSSR count). The molecule has 3 aliphatic rings. The van der Waals surface area contributed by atoms with E-state index in [1.54, 1.807) is 60.0 Å². The van der Waals surface area contributed by atoms with Gasteiger partial charge in [-0.05, 0) is 63.8 Å². The molecule has 3 fully saturated rings. The van der Waals surface area contributed by atoms with Gasteiger partial charge < -0.3 is 19.6 Å². The average Bonchev–Trinajstić information content (AvgIpc) is 3.45. The number of likely N-dealkylation sites (tertiary alicyclic amines) is 1. The number of unbranched alkanes of at least 4 members (excludes halogenated alkanes) is 1. The van der Waals surface area contributed by atoms with Crippen molar-refractivity contribution in [2.75, 3.05) is 24.7 Å². The molecule has 0 saturated carbocycles. The Morgan fingerprint density at radius 3 is 2.62 bits per heavy atom. The predicted octanol–water partition coefficient (Wildman–Crippen LogP) is 4.23. The third-order valence-corrected chi connectivity index (χ3v) is 10.2. The first-order valence-corrected chi connectivity index (χ1v) is 13.9. The first-order chi connectivity index (χ1) is 17.6. The van der Waals surface area contributed by atoms with Crippen molar-refractivity contribution in [2.24, 2.45) is 11.8 Å². The molecule has 2 unspecified atom stereocenters. The number of esters is 1. The second-order valence-corrected chi connectivity index (χ2v) is 12.7. The molecule has 3 aliphatic heterocycles. The maximum absolute atomic E-state index is 14.4. The first kappa shape index (κ1) is 27.7. The molecule has 6 atom stereocenters. The topological polar surface area (TPSA) is 87.1 Å². The van der Waals surface area contributed by atoms with Crippen molar-refractivity contribution in [1.29, 1.82) is 0 Å². The summed E-state index contributed by atoms with van der Waals surface area (Å²) in [6.07, 6.45) is 6.14. The van der Waals surface area contributed by atoms with Crippen molar-refractivity contribution < 1.29 is 24.2 Å². The van der Waals surface area contributed by atoms with Gasteiger partial charge in [0.1, 0.15) is 6.04 Å². The summed E-state index contributed by atoms with van der Waals surface area (Å²) in [5.41, 5.74) is 0.639. The number of thioether (sulfide) groups is 1. The predicted molar refractivity (Wildman–Crippen MR) is 147 cm³/mol. The summed E-state index contributed by atoms with van der Waals surface area (Å²) in [5.74, 6) is -2.25. The van der Waals surface area contributed by atoms with Crippen LogP contribution in [0.2, 0.25) is 5.02 Å². The maximum atomic E-state index is 14.4. The average molecular weight is 547 g/mol. The second kappa shape index (κ2) is 10.8. The van der Waals surface area contributed by atoms with Crippen LogP contribution >= 0.6 is 23.4 Å². The largest absolute Gasteiger partial charge is 0.465 e. The van der Waals surface area contributed by atoms with E-state index in [1.807, 2.05) is 6.92 Å². The van der Waals surface area contributed by atoms with E-state index in [2.05, 4.69) is 13.2 Å². The monoisotopic (exact) mass is 546 g/mol. The fourth-order valence-corrected chi connectivity index (χ4v) is 8.73. The third-order valence-electron chi connectivity index (χ3n) is 7.95. The van der Waals surface area contributed by atoms with Crippen molar-refractivity contribution >= 4 is 46.8 Å². The van der Waals surface area contributed by atoms with E-state index in [0.717, 1.165) is 6.42 Å². The minimum atomic E-state index is -0.840. The molecule has 2 amide bonds. The number of carbonyl (C=O) groups is 3. The number of anilines is 1. The maximum Gasteiger partial charge on any atom is 0.311 e. The molecule has 37 heavy (non-hydrogen) atoms. The Kier molecular flexibility index (Phi) is 8.12. The van der Waals surface area contributed by atoms with Gasteiger partial charge in [0.15, 0.2) is 0 Å². The summed E-state index contributed by atoms with van der Waals surface area (Å²) in [6, 6.07) is 5.52. The second-order valence-electron chi connectivity index (χ2n) is 10.3. The highest BCUT2D eigenvalue weighted by Crippen LogP contribution is 2.71. The van der Waals surface area contributed by atoms with Gasteiger partial charge in [0.25, 0.3) is 5.91 Å². The third kappa shape index (κ3) is 4.61. The Bertz CT molecular complexity index is 1080. The SMILES string of the molecule is C=CCCCOC(=O)[C@H]1[C@H]2C(=O)N([C@H](C)CO)C(C(=O)N(CC=C)c3ccc(Cl)cc3)C23CC[C@]1(C)S3. The number of amides is 2. The first-order valence-electron chi connectivity index (χ1n) is 12.7. The molecule has 0 radical (unpaired) electrons. The summed E-state index contributed by atoms with van der Waals surface area (Å²) in [5, 5.41) is 10.6. The summed E-state index contributed by atoms with van der Waals surface area (Å²) in [7, 11) is 0. The van der Waals surface area contributed by atoms with Gasteiger partial charge in [-0.2, -0.15) is 0 Å². The van der Waals surface area contributed by atoms with Gasteiger partial charge >= 0.3 is 5.97 Å².